The predicted octanol–water partition coefficient (Wildman–Crippen LogP) is 4.58. The first-order valence-corrected chi connectivity index (χ1v) is 8.22. The van der Waals surface area contributed by atoms with Crippen LogP contribution in [0.25, 0.3) is 11.1 Å². The van der Waals surface area contributed by atoms with E-state index in [1.165, 1.54) is 0 Å². The third kappa shape index (κ3) is 3.35. The number of urea groups is 1. The fourth-order valence-corrected chi connectivity index (χ4v) is 2.86. The molecule has 0 fully saturated rings. The maximum atomic E-state index is 12.1. The van der Waals surface area contributed by atoms with Crippen LogP contribution in [0.2, 0.25) is 0 Å². The number of amides is 2. The van der Waals surface area contributed by atoms with E-state index < -0.39 is 5.76 Å². The number of hydrogen-bond donors (Lipinski definition) is 2. The molecule has 1 aromatic heterocycles. The minimum atomic E-state index is -0.407. The lowest BCUT2D eigenvalue weighted by molar-refractivity contribution is 0.262. The molecule has 2 N–H and O–H groups in total. The molecule has 3 aromatic rings. The van der Waals surface area contributed by atoms with Gasteiger partial charge in [-0.15, -0.1) is 0 Å². The van der Waals surface area contributed by atoms with E-state index in [-0.39, 0.29) is 12.1 Å². The number of oxazole rings is 1. The van der Waals surface area contributed by atoms with Crippen LogP contribution in [0.15, 0.2) is 56.1 Å². The van der Waals surface area contributed by atoms with Gasteiger partial charge in [0.1, 0.15) is 0 Å². The van der Waals surface area contributed by atoms with Gasteiger partial charge in [0, 0.05) is 28.0 Å². The molecule has 0 aliphatic heterocycles. The van der Waals surface area contributed by atoms with Crippen molar-refractivity contribution in [1.82, 2.24) is 4.57 Å². The number of benzene rings is 2. The zero-order valence-corrected chi connectivity index (χ0v) is 14.8. The Morgan fingerprint density at radius 3 is 2.50 bits per heavy atom. The summed E-state index contributed by atoms with van der Waals surface area (Å²) in [6, 6.07) is 12.0. The molecule has 0 bridgehead atoms. The Balaban J connectivity index is 1.80. The third-order valence-electron chi connectivity index (χ3n) is 3.47. The van der Waals surface area contributed by atoms with Gasteiger partial charge in [-0.25, -0.2) is 9.59 Å². The lowest BCUT2D eigenvalue weighted by Gasteiger charge is -2.08. The summed E-state index contributed by atoms with van der Waals surface area (Å²) >= 11 is 3.35. The molecule has 0 spiro atoms. The number of hydrogen-bond acceptors (Lipinski definition) is 3. The standard InChI is InChI=1S/C17H16BrN3O3/c1-10(2)21-14-7-6-13(9-15(14)24-17(21)23)20-16(22)19-12-5-3-4-11(18)8-12/h3-10H,1-2H3,(H2,19,20,22). The van der Waals surface area contributed by atoms with Crippen molar-refractivity contribution in [3.05, 3.63) is 57.5 Å². The lowest BCUT2D eigenvalue weighted by Crippen LogP contribution is -2.19. The summed E-state index contributed by atoms with van der Waals surface area (Å²) in [5.74, 6) is -0.407. The van der Waals surface area contributed by atoms with Gasteiger partial charge in [-0.05, 0) is 44.2 Å². The van der Waals surface area contributed by atoms with Crippen molar-refractivity contribution in [3.8, 4) is 0 Å². The number of nitrogens with one attached hydrogen (secondary N) is 2. The van der Waals surface area contributed by atoms with Crippen molar-refractivity contribution in [1.29, 1.82) is 0 Å². The molecule has 0 saturated heterocycles. The van der Waals surface area contributed by atoms with Crippen LogP contribution < -0.4 is 16.4 Å². The highest BCUT2D eigenvalue weighted by Crippen LogP contribution is 2.21. The van der Waals surface area contributed by atoms with Gasteiger partial charge in [-0.3, -0.25) is 4.57 Å². The highest BCUT2D eigenvalue weighted by Gasteiger charge is 2.13. The smallest absolute Gasteiger partial charge is 0.408 e. The maximum absolute atomic E-state index is 12.1. The van der Waals surface area contributed by atoms with Gasteiger partial charge in [0.25, 0.3) is 0 Å². The van der Waals surface area contributed by atoms with Crippen molar-refractivity contribution in [2.24, 2.45) is 0 Å². The predicted molar refractivity (Wildman–Crippen MR) is 97.6 cm³/mol. The average molecular weight is 390 g/mol. The first kappa shape index (κ1) is 16.3. The Kier molecular flexibility index (Phi) is 4.44. The van der Waals surface area contributed by atoms with E-state index >= 15 is 0 Å². The second kappa shape index (κ2) is 6.52. The quantitative estimate of drug-likeness (QED) is 0.687. The molecule has 0 aliphatic carbocycles. The van der Waals surface area contributed by atoms with E-state index in [1.54, 1.807) is 34.9 Å². The summed E-state index contributed by atoms with van der Waals surface area (Å²) < 4.78 is 7.69. The number of rotatable bonds is 3. The Morgan fingerprint density at radius 2 is 1.83 bits per heavy atom. The van der Waals surface area contributed by atoms with Gasteiger partial charge in [0.15, 0.2) is 5.58 Å². The first-order chi connectivity index (χ1) is 11.4. The Labute approximate surface area is 146 Å². The third-order valence-corrected chi connectivity index (χ3v) is 3.96. The minimum Gasteiger partial charge on any atom is -0.408 e. The molecule has 7 heteroatoms. The molecule has 0 saturated carbocycles. The van der Waals surface area contributed by atoms with Gasteiger partial charge in [-0.2, -0.15) is 0 Å². The van der Waals surface area contributed by atoms with Crippen molar-refractivity contribution < 1.29 is 9.21 Å². The number of nitrogens with zero attached hydrogens (tertiary/aromatic N) is 1. The molecule has 0 aliphatic rings. The Hall–Kier alpha value is -2.54. The van der Waals surface area contributed by atoms with Crippen LogP contribution in [-0.2, 0) is 0 Å². The molecule has 3 rings (SSSR count). The van der Waals surface area contributed by atoms with Crippen molar-refractivity contribution in [2.45, 2.75) is 19.9 Å². The minimum absolute atomic E-state index is 0.00242. The molecular weight excluding hydrogens is 374 g/mol. The highest BCUT2D eigenvalue weighted by atomic mass is 79.9. The highest BCUT2D eigenvalue weighted by molar-refractivity contribution is 9.10. The summed E-state index contributed by atoms with van der Waals surface area (Å²) in [5, 5.41) is 5.46. The number of aromatic nitrogens is 1. The number of fused-ring (bicyclic) bond motifs is 1. The summed E-state index contributed by atoms with van der Waals surface area (Å²) in [4.78, 5) is 24.0. The average Bonchev–Trinajstić information content (AvgIpc) is 2.82. The molecule has 0 unspecified atom stereocenters. The van der Waals surface area contributed by atoms with Crippen LogP contribution in [0.3, 0.4) is 0 Å². The number of carbonyl (C=O) groups is 1. The fourth-order valence-electron chi connectivity index (χ4n) is 2.46. The molecule has 1 heterocycles. The molecule has 24 heavy (non-hydrogen) atoms. The van der Waals surface area contributed by atoms with Crippen molar-refractivity contribution in [2.75, 3.05) is 10.6 Å². The van der Waals surface area contributed by atoms with Crippen LogP contribution in [0, 0.1) is 0 Å². The van der Waals surface area contributed by atoms with Crippen molar-refractivity contribution >= 4 is 44.4 Å². The van der Waals surface area contributed by atoms with Gasteiger partial charge in [0.2, 0.25) is 0 Å². The molecule has 124 valence electrons. The van der Waals surface area contributed by atoms with Crippen LogP contribution in [0.5, 0.6) is 0 Å². The van der Waals surface area contributed by atoms with Gasteiger partial charge >= 0.3 is 11.8 Å². The lowest BCUT2D eigenvalue weighted by atomic mass is 10.2. The summed E-state index contributed by atoms with van der Waals surface area (Å²) in [7, 11) is 0. The Morgan fingerprint density at radius 1 is 1.12 bits per heavy atom. The van der Waals surface area contributed by atoms with Crippen LogP contribution in [0.1, 0.15) is 19.9 Å². The molecule has 0 radical (unpaired) electrons. The van der Waals surface area contributed by atoms with E-state index in [2.05, 4.69) is 26.6 Å². The number of halogens is 1. The zero-order chi connectivity index (χ0) is 17.3. The molecule has 2 aromatic carbocycles. The topological polar surface area (TPSA) is 76.3 Å². The Bertz CT molecular complexity index is 959. The normalized spacial score (nSPS) is 11.0. The van der Waals surface area contributed by atoms with E-state index in [9.17, 15) is 9.59 Å². The van der Waals surface area contributed by atoms with E-state index in [0.717, 1.165) is 4.47 Å². The summed E-state index contributed by atoms with van der Waals surface area (Å²) in [5.41, 5.74) is 2.35. The van der Waals surface area contributed by atoms with Gasteiger partial charge in [-0.1, -0.05) is 22.0 Å². The summed E-state index contributed by atoms with van der Waals surface area (Å²) in [6.45, 7) is 3.82. The largest absolute Gasteiger partial charge is 0.420 e. The van der Waals surface area contributed by atoms with Crippen LogP contribution in [-0.4, -0.2) is 10.6 Å². The maximum Gasteiger partial charge on any atom is 0.420 e. The number of anilines is 2. The SMILES string of the molecule is CC(C)n1c(=O)oc2cc(NC(=O)Nc3cccc(Br)c3)ccc21. The number of carbonyl (C=O) groups excluding carboxylic acids is 1. The fraction of sp³-hybridized carbons (Fsp3) is 0.176. The molecular formula is C17H16BrN3O3. The second-order valence-corrected chi connectivity index (χ2v) is 6.52. The van der Waals surface area contributed by atoms with E-state index in [1.807, 2.05) is 26.0 Å². The van der Waals surface area contributed by atoms with E-state index in [0.29, 0.717) is 22.5 Å². The van der Waals surface area contributed by atoms with Crippen LogP contribution >= 0.6 is 15.9 Å². The van der Waals surface area contributed by atoms with Crippen molar-refractivity contribution in [3.63, 3.8) is 0 Å². The first-order valence-electron chi connectivity index (χ1n) is 7.42. The van der Waals surface area contributed by atoms with Gasteiger partial charge < -0.3 is 15.1 Å². The van der Waals surface area contributed by atoms with Gasteiger partial charge in [0.05, 0.1) is 5.52 Å². The second-order valence-electron chi connectivity index (χ2n) is 5.60. The monoisotopic (exact) mass is 389 g/mol. The van der Waals surface area contributed by atoms with E-state index in [4.69, 9.17) is 4.42 Å². The summed E-state index contributed by atoms with van der Waals surface area (Å²) in [6.07, 6.45) is 0. The molecule has 6 nitrogen and oxygen atoms in total. The molecule has 0 atom stereocenters. The van der Waals surface area contributed by atoms with Crippen LogP contribution in [0.4, 0.5) is 16.2 Å². The zero-order valence-electron chi connectivity index (χ0n) is 13.2. The molecule has 2 amide bonds.